The summed E-state index contributed by atoms with van der Waals surface area (Å²) in [6, 6.07) is 0. The highest BCUT2D eigenvalue weighted by molar-refractivity contribution is 5.35. The number of hydrogen-bond donors (Lipinski definition) is 4. The average Bonchev–Trinajstić information content (AvgIpc) is 2.53. The molecule has 0 saturated carbocycles. The van der Waals surface area contributed by atoms with E-state index in [4.69, 9.17) is 14.6 Å². The summed E-state index contributed by atoms with van der Waals surface area (Å²) < 4.78 is 10.5. The molecule has 1 rings (SSSR count). The van der Waals surface area contributed by atoms with Gasteiger partial charge in [-0.3, -0.25) is 0 Å². The van der Waals surface area contributed by atoms with E-state index >= 15 is 0 Å². The molecular formula is C16H20O6. The van der Waals surface area contributed by atoms with Gasteiger partial charge in [-0.2, -0.15) is 0 Å². The zero-order valence-electron chi connectivity index (χ0n) is 12.3. The van der Waals surface area contributed by atoms with Gasteiger partial charge in [0.1, 0.15) is 24.4 Å². The zero-order valence-corrected chi connectivity index (χ0v) is 12.3. The summed E-state index contributed by atoms with van der Waals surface area (Å²) in [7, 11) is 0. The smallest absolute Gasteiger partial charge is 0.186 e. The summed E-state index contributed by atoms with van der Waals surface area (Å²) in [6.07, 6.45) is -5.10. The summed E-state index contributed by atoms with van der Waals surface area (Å²) in [6.45, 7) is 1.47. The third-order valence-corrected chi connectivity index (χ3v) is 2.98. The molecule has 1 fully saturated rings. The van der Waals surface area contributed by atoms with Crippen molar-refractivity contribution in [2.75, 3.05) is 13.2 Å². The Labute approximate surface area is 130 Å². The van der Waals surface area contributed by atoms with Crippen LogP contribution in [0.3, 0.4) is 0 Å². The Balaban J connectivity index is 2.32. The number of rotatable bonds is 5. The summed E-state index contributed by atoms with van der Waals surface area (Å²) in [5, 5.41) is 38.0. The number of hydrogen-bond acceptors (Lipinski definition) is 6. The summed E-state index contributed by atoms with van der Waals surface area (Å²) >= 11 is 0. The third kappa shape index (κ3) is 5.67. The zero-order chi connectivity index (χ0) is 16.4. The van der Waals surface area contributed by atoms with Gasteiger partial charge in [-0.15, -0.1) is 0 Å². The molecule has 6 nitrogen and oxygen atoms in total. The van der Waals surface area contributed by atoms with E-state index in [1.165, 1.54) is 0 Å². The van der Waals surface area contributed by atoms with Crippen molar-refractivity contribution in [3.8, 4) is 35.5 Å². The van der Waals surface area contributed by atoms with Crippen LogP contribution in [0, 0.1) is 35.5 Å². The first-order valence-corrected chi connectivity index (χ1v) is 6.93. The van der Waals surface area contributed by atoms with E-state index < -0.39 is 37.3 Å². The molecule has 120 valence electrons. The Morgan fingerprint density at radius 2 is 1.73 bits per heavy atom. The van der Waals surface area contributed by atoms with Crippen LogP contribution in [0.4, 0.5) is 0 Å². The molecule has 6 heteroatoms. The fourth-order valence-electron chi connectivity index (χ4n) is 1.80. The largest absolute Gasteiger partial charge is 0.394 e. The second-order valence-electron chi connectivity index (χ2n) is 4.60. The standard InChI is InChI=1S/C16H20O6/c1-2-3-4-5-6-7-8-9-10-21-16-15(20)14(19)13(18)12(11-17)22-16/h12-20H,8-11H2,1H3. The predicted molar refractivity (Wildman–Crippen MR) is 78.0 cm³/mol. The van der Waals surface area contributed by atoms with E-state index in [9.17, 15) is 15.3 Å². The lowest BCUT2D eigenvalue weighted by Crippen LogP contribution is -2.59. The van der Waals surface area contributed by atoms with Crippen molar-refractivity contribution in [2.24, 2.45) is 0 Å². The van der Waals surface area contributed by atoms with E-state index in [1.807, 2.05) is 0 Å². The van der Waals surface area contributed by atoms with Crippen molar-refractivity contribution < 1.29 is 29.9 Å². The van der Waals surface area contributed by atoms with E-state index in [0.717, 1.165) is 0 Å². The predicted octanol–water partition coefficient (Wildman–Crippen LogP) is -1.39. The van der Waals surface area contributed by atoms with Crippen LogP contribution in [0.25, 0.3) is 0 Å². The maximum Gasteiger partial charge on any atom is 0.186 e. The second-order valence-corrected chi connectivity index (χ2v) is 4.60. The Bertz CT molecular complexity index is 510. The summed E-state index contributed by atoms with van der Waals surface area (Å²) in [5.41, 5.74) is 0. The molecule has 5 unspecified atom stereocenters. The van der Waals surface area contributed by atoms with Crippen LogP contribution in [0.1, 0.15) is 19.8 Å². The maximum absolute atomic E-state index is 9.74. The van der Waals surface area contributed by atoms with Crippen molar-refractivity contribution >= 4 is 0 Å². The summed E-state index contributed by atoms with van der Waals surface area (Å²) in [5.74, 6) is 15.8. The number of ether oxygens (including phenoxy) is 2. The minimum atomic E-state index is -1.43. The highest BCUT2D eigenvalue weighted by Gasteiger charge is 2.43. The number of aliphatic hydroxyl groups is 4. The van der Waals surface area contributed by atoms with E-state index in [2.05, 4.69) is 35.5 Å². The van der Waals surface area contributed by atoms with Gasteiger partial charge in [0, 0.05) is 6.42 Å². The van der Waals surface area contributed by atoms with E-state index in [-0.39, 0.29) is 6.61 Å². The van der Waals surface area contributed by atoms with Crippen LogP contribution < -0.4 is 0 Å². The molecule has 22 heavy (non-hydrogen) atoms. The highest BCUT2D eigenvalue weighted by atomic mass is 16.7. The average molecular weight is 308 g/mol. The first-order chi connectivity index (χ1) is 10.6. The first-order valence-electron chi connectivity index (χ1n) is 6.93. The van der Waals surface area contributed by atoms with Gasteiger partial charge in [0.05, 0.1) is 13.2 Å². The second kappa shape index (κ2) is 10.2. The van der Waals surface area contributed by atoms with Crippen molar-refractivity contribution in [2.45, 2.75) is 50.5 Å². The fraction of sp³-hybridized carbons (Fsp3) is 0.625. The van der Waals surface area contributed by atoms with Gasteiger partial charge in [0.15, 0.2) is 6.29 Å². The van der Waals surface area contributed by atoms with Gasteiger partial charge in [-0.1, -0.05) is 11.8 Å². The molecule has 5 atom stereocenters. The number of unbranched alkanes of at least 4 members (excludes halogenated alkanes) is 1. The molecule has 0 aliphatic carbocycles. The van der Waals surface area contributed by atoms with Crippen molar-refractivity contribution in [1.82, 2.24) is 0 Å². The molecule has 0 bridgehead atoms. The van der Waals surface area contributed by atoms with Crippen LogP contribution in [0.15, 0.2) is 0 Å². The SMILES string of the molecule is CC#CC#CC#CCCCOC1OC(CO)C(O)C(O)C1O. The minimum Gasteiger partial charge on any atom is -0.394 e. The molecule has 0 radical (unpaired) electrons. The lowest BCUT2D eigenvalue weighted by atomic mass is 9.99. The first kappa shape index (κ1) is 18.5. The Hall–Kier alpha value is -1.56. The lowest BCUT2D eigenvalue weighted by molar-refractivity contribution is -0.301. The molecule has 0 aromatic rings. The van der Waals surface area contributed by atoms with Gasteiger partial charge < -0.3 is 29.9 Å². The van der Waals surface area contributed by atoms with Crippen LogP contribution >= 0.6 is 0 Å². The van der Waals surface area contributed by atoms with E-state index in [1.54, 1.807) is 6.92 Å². The summed E-state index contributed by atoms with van der Waals surface area (Å²) in [4.78, 5) is 0. The molecule has 1 aliphatic rings. The normalized spacial score (nSPS) is 30.1. The van der Waals surface area contributed by atoms with Crippen molar-refractivity contribution in [3.63, 3.8) is 0 Å². The quantitative estimate of drug-likeness (QED) is 0.369. The Morgan fingerprint density at radius 1 is 1.00 bits per heavy atom. The van der Waals surface area contributed by atoms with E-state index in [0.29, 0.717) is 12.8 Å². The Kier molecular flexibility index (Phi) is 8.58. The molecule has 0 spiro atoms. The van der Waals surface area contributed by atoms with Crippen LogP contribution in [-0.2, 0) is 9.47 Å². The van der Waals surface area contributed by atoms with Crippen LogP contribution in [-0.4, -0.2) is 64.3 Å². The van der Waals surface area contributed by atoms with Crippen LogP contribution in [0.5, 0.6) is 0 Å². The highest BCUT2D eigenvalue weighted by Crippen LogP contribution is 2.21. The molecule has 4 N–H and O–H groups in total. The molecular weight excluding hydrogens is 288 g/mol. The Morgan fingerprint density at radius 3 is 2.41 bits per heavy atom. The van der Waals surface area contributed by atoms with Crippen molar-refractivity contribution in [3.05, 3.63) is 0 Å². The van der Waals surface area contributed by atoms with Gasteiger partial charge in [-0.25, -0.2) is 0 Å². The topological polar surface area (TPSA) is 99.4 Å². The van der Waals surface area contributed by atoms with Gasteiger partial charge in [0.25, 0.3) is 0 Å². The van der Waals surface area contributed by atoms with Crippen molar-refractivity contribution in [1.29, 1.82) is 0 Å². The monoisotopic (exact) mass is 308 g/mol. The third-order valence-electron chi connectivity index (χ3n) is 2.98. The molecule has 0 aromatic carbocycles. The van der Waals surface area contributed by atoms with Crippen LogP contribution in [0.2, 0.25) is 0 Å². The fourth-order valence-corrected chi connectivity index (χ4v) is 1.80. The molecule has 0 amide bonds. The van der Waals surface area contributed by atoms with Gasteiger partial charge in [0.2, 0.25) is 0 Å². The molecule has 1 aliphatic heterocycles. The maximum atomic E-state index is 9.74. The lowest BCUT2D eigenvalue weighted by Gasteiger charge is -2.39. The van der Waals surface area contributed by atoms with Gasteiger partial charge >= 0.3 is 0 Å². The molecule has 0 aromatic heterocycles. The molecule has 1 saturated heterocycles. The minimum absolute atomic E-state index is 0.250. The molecule has 1 heterocycles. The number of aliphatic hydroxyl groups excluding tert-OH is 4. The van der Waals surface area contributed by atoms with Gasteiger partial charge in [-0.05, 0) is 37.0 Å².